The summed E-state index contributed by atoms with van der Waals surface area (Å²) in [5.41, 5.74) is 0. The summed E-state index contributed by atoms with van der Waals surface area (Å²) in [6, 6.07) is 0. The second kappa shape index (κ2) is 9.96. The van der Waals surface area contributed by atoms with Crippen molar-refractivity contribution in [2.75, 3.05) is 6.61 Å². The maximum absolute atomic E-state index is 10.0. The van der Waals surface area contributed by atoms with Crippen molar-refractivity contribution in [1.29, 1.82) is 0 Å². The Hall–Kier alpha value is -1.04. The van der Waals surface area contributed by atoms with Gasteiger partial charge in [0.15, 0.2) is 0 Å². The predicted octanol–water partition coefficient (Wildman–Crippen LogP) is 1.30. The molecule has 0 saturated heterocycles. The maximum Gasteiger partial charge on any atom is 0.417 e. The number of ether oxygens (including phenoxy) is 1. The Balaban J connectivity index is 0. The first-order valence-electron chi connectivity index (χ1n) is 2.97. The molecular formula is C6H10BrNO4. The second-order valence-corrected chi connectivity index (χ2v) is 1.75. The SMILES string of the molecule is C=CC(=O)O.CCOC(=O)NBr. The molecule has 0 aromatic rings. The zero-order chi connectivity index (χ0) is 9.98. The van der Waals surface area contributed by atoms with Gasteiger partial charge in [-0.1, -0.05) is 6.58 Å². The largest absolute Gasteiger partial charge is 0.478 e. The molecule has 0 bridgehead atoms. The van der Waals surface area contributed by atoms with Crippen LogP contribution in [0, 0.1) is 0 Å². The number of hydrogen-bond donors (Lipinski definition) is 2. The summed E-state index contributed by atoms with van der Waals surface area (Å²) < 4.78 is 6.51. The van der Waals surface area contributed by atoms with Gasteiger partial charge in [-0.3, -0.25) is 4.34 Å². The number of carboxylic acid groups (broad SMARTS) is 1. The highest BCUT2D eigenvalue weighted by molar-refractivity contribution is 9.08. The molecule has 1 amide bonds. The van der Waals surface area contributed by atoms with E-state index in [0.29, 0.717) is 6.61 Å². The number of hydrogen-bond acceptors (Lipinski definition) is 3. The monoisotopic (exact) mass is 239 g/mol. The van der Waals surface area contributed by atoms with Gasteiger partial charge in [-0.15, -0.1) is 0 Å². The summed E-state index contributed by atoms with van der Waals surface area (Å²) in [4.78, 5) is 19.3. The van der Waals surface area contributed by atoms with Crippen LogP contribution >= 0.6 is 16.1 Å². The molecule has 0 aromatic heterocycles. The standard InChI is InChI=1S/C3H6BrNO2.C3H4O2/c1-2-7-3(6)5-4;1-2-3(4)5/h2H2,1H3,(H,5,6);2H,1H2,(H,4,5). The number of carboxylic acids is 1. The van der Waals surface area contributed by atoms with Gasteiger partial charge in [-0.05, 0) is 6.92 Å². The molecule has 0 aliphatic rings. The van der Waals surface area contributed by atoms with E-state index in [4.69, 9.17) is 5.11 Å². The van der Waals surface area contributed by atoms with Gasteiger partial charge in [0.25, 0.3) is 0 Å². The predicted molar refractivity (Wildman–Crippen MR) is 46.9 cm³/mol. The molecule has 0 aliphatic carbocycles. The molecule has 5 nitrogen and oxygen atoms in total. The van der Waals surface area contributed by atoms with Gasteiger partial charge in [0.05, 0.1) is 22.8 Å². The molecule has 2 N–H and O–H groups in total. The molecule has 0 atom stereocenters. The third-order valence-corrected chi connectivity index (χ3v) is 0.851. The Morgan fingerprint density at radius 2 is 2.17 bits per heavy atom. The Labute approximate surface area is 78.7 Å². The fraction of sp³-hybridized carbons (Fsp3) is 0.333. The van der Waals surface area contributed by atoms with E-state index < -0.39 is 12.1 Å². The highest BCUT2D eigenvalue weighted by Crippen LogP contribution is 1.76. The van der Waals surface area contributed by atoms with E-state index in [1.54, 1.807) is 6.92 Å². The molecule has 0 rings (SSSR count). The van der Waals surface area contributed by atoms with Crippen LogP contribution in [0.2, 0.25) is 0 Å². The molecule has 70 valence electrons. The molecule has 0 heterocycles. The zero-order valence-electron chi connectivity index (χ0n) is 6.54. The highest BCUT2D eigenvalue weighted by Gasteiger charge is 1.91. The first kappa shape index (κ1) is 13.5. The lowest BCUT2D eigenvalue weighted by Crippen LogP contribution is -2.12. The second-order valence-electron chi connectivity index (χ2n) is 1.36. The zero-order valence-corrected chi connectivity index (χ0v) is 8.13. The Morgan fingerprint density at radius 3 is 2.25 bits per heavy atom. The van der Waals surface area contributed by atoms with Gasteiger partial charge in [0.1, 0.15) is 0 Å². The van der Waals surface area contributed by atoms with Crippen molar-refractivity contribution < 1.29 is 19.4 Å². The van der Waals surface area contributed by atoms with Crippen molar-refractivity contribution in [3.63, 3.8) is 0 Å². The number of rotatable bonds is 2. The van der Waals surface area contributed by atoms with Crippen molar-refractivity contribution in [3.05, 3.63) is 12.7 Å². The average Bonchev–Trinajstić information content (AvgIpc) is 2.06. The maximum atomic E-state index is 10.0. The van der Waals surface area contributed by atoms with Crippen LogP contribution in [0.25, 0.3) is 0 Å². The smallest absolute Gasteiger partial charge is 0.417 e. The molecule has 0 saturated carbocycles. The topological polar surface area (TPSA) is 75.6 Å². The van der Waals surface area contributed by atoms with Crippen LogP contribution in [0.5, 0.6) is 0 Å². The number of halogens is 1. The fourth-order valence-electron chi connectivity index (χ4n) is 0.158. The fourth-order valence-corrected chi connectivity index (χ4v) is 0.273. The van der Waals surface area contributed by atoms with E-state index in [0.717, 1.165) is 6.08 Å². The lowest BCUT2D eigenvalue weighted by Gasteiger charge is -1.94. The van der Waals surface area contributed by atoms with Crippen LogP contribution < -0.4 is 4.34 Å². The number of nitrogens with one attached hydrogen (secondary N) is 1. The summed E-state index contributed by atoms with van der Waals surface area (Å²) in [6.45, 7) is 5.10. The third-order valence-electron chi connectivity index (χ3n) is 0.527. The molecule has 0 fully saturated rings. The van der Waals surface area contributed by atoms with Crippen molar-refractivity contribution in [3.8, 4) is 0 Å². The molecule has 0 radical (unpaired) electrons. The van der Waals surface area contributed by atoms with Crippen LogP contribution in [0.1, 0.15) is 6.92 Å². The third kappa shape index (κ3) is 16.0. The van der Waals surface area contributed by atoms with Gasteiger partial charge in [0.2, 0.25) is 0 Å². The first-order valence-corrected chi connectivity index (χ1v) is 3.76. The molecule has 12 heavy (non-hydrogen) atoms. The summed E-state index contributed by atoms with van der Waals surface area (Å²) >= 11 is 2.69. The van der Waals surface area contributed by atoms with Gasteiger partial charge >= 0.3 is 12.1 Å². The van der Waals surface area contributed by atoms with Gasteiger partial charge in [0, 0.05) is 6.08 Å². The molecule has 0 aliphatic heterocycles. The molecular weight excluding hydrogens is 230 g/mol. The average molecular weight is 240 g/mol. The number of aliphatic carboxylic acids is 1. The van der Waals surface area contributed by atoms with Crippen molar-refractivity contribution in [2.24, 2.45) is 0 Å². The van der Waals surface area contributed by atoms with Gasteiger partial charge in [-0.2, -0.15) is 0 Å². The van der Waals surface area contributed by atoms with Crippen molar-refractivity contribution in [1.82, 2.24) is 4.34 Å². The summed E-state index contributed by atoms with van der Waals surface area (Å²) in [7, 11) is 0. The van der Waals surface area contributed by atoms with E-state index in [-0.39, 0.29) is 0 Å². The van der Waals surface area contributed by atoms with Crippen LogP contribution in [-0.4, -0.2) is 23.8 Å². The van der Waals surface area contributed by atoms with Gasteiger partial charge < -0.3 is 9.84 Å². The summed E-state index contributed by atoms with van der Waals surface area (Å²) in [5.74, 6) is -0.981. The molecule has 6 heteroatoms. The minimum atomic E-state index is -0.981. The van der Waals surface area contributed by atoms with Gasteiger partial charge in [-0.25, -0.2) is 9.59 Å². The van der Waals surface area contributed by atoms with Crippen molar-refractivity contribution >= 4 is 28.2 Å². The van der Waals surface area contributed by atoms with E-state index in [2.05, 4.69) is 31.8 Å². The van der Waals surface area contributed by atoms with Crippen molar-refractivity contribution in [2.45, 2.75) is 6.92 Å². The van der Waals surface area contributed by atoms with E-state index in [1.165, 1.54) is 0 Å². The van der Waals surface area contributed by atoms with Crippen LogP contribution in [0.15, 0.2) is 12.7 Å². The van der Waals surface area contributed by atoms with E-state index in [9.17, 15) is 9.59 Å². The molecule has 0 spiro atoms. The normalized spacial score (nSPS) is 7.17. The Morgan fingerprint density at radius 1 is 1.75 bits per heavy atom. The number of amides is 1. The lowest BCUT2D eigenvalue weighted by molar-refractivity contribution is -0.131. The highest BCUT2D eigenvalue weighted by atomic mass is 79.9. The quantitative estimate of drug-likeness (QED) is 0.563. The Kier molecular flexibility index (Phi) is 11.2. The van der Waals surface area contributed by atoms with Crippen LogP contribution in [0.4, 0.5) is 4.79 Å². The number of carbonyl (C=O) groups excluding carboxylic acids is 1. The van der Waals surface area contributed by atoms with Crippen LogP contribution in [0.3, 0.4) is 0 Å². The minimum Gasteiger partial charge on any atom is -0.478 e. The summed E-state index contributed by atoms with van der Waals surface area (Å²) in [5, 5.41) is 7.60. The molecule has 0 unspecified atom stereocenters. The van der Waals surface area contributed by atoms with E-state index in [1.807, 2.05) is 0 Å². The first-order chi connectivity index (χ1) is 5.58. The molecule has 0 aromatic carbocycles. The Bertz CT molecular complexity index is 160. The number of carbonyl (C=O) groups is 2. The van der Waals surface area contributed by atoms with Crippen LogP contribution in [-0.2, 0) is 9.53 Å². The lowest BCUT2D eigenvalue weighted by atomic mass is 10.7. The van der Waals surface area contributed by atoms with E-state index >= 15 is 0 Å². The summed E-state index contributed by atoms with van der Waals surface area (Å²) in [6.07, 6.45) is 0.377. The minimum absolute atomic E-state index is 0.400.